The van der Waals surface area contributed by atoms with Crippen LogP contribution in [0.25, 0.3) is 110 Å². The summed E-state index contributed by atoms with van der Waals surface area (Å²) < 4.78 is 8.83. The maximum absolute atomic E-state index is 6.22. The van der Waals surface area contributed by atoms with Crippen molar-refractivity contribution in [2.24, 2.45) is 0 Å². The number of hydrogen-bond donors (Lipinski definition) is 0. The second-order valence-corrected chi connectivity index (χ2v) is 15.0. The van der Waals surface area contributed by atoms with Crippen LogP contribution in [0, 0.1) is 0 Å². The van der Waals surface area contributed by atoms with Gasteiger partial charge in [-0.2, -0.15) is 0 Å². The molecule has 56 heavy (non-hydrogen) atoms. The van der Waals surface area contributed by atoms with Gasteiger partial charge in [0.05, 0.1) is 0 Å². The lowest BCUT2D eigenvalue weighted by Crippen LogP contribution is -2.00. The molecule has 3 aromatic heterocycles. The molecule has 8 aromatic carbocycles. The molecule has 0 amide bonds. The molecule has 4 nitrogen and oxygen atoms in total. The van der Waals surface area contributed by atoms with Crippen molar-refractivity contribution < 1.29 is 4.42 Å². The van der Waals surface area contributed by atoms with Crippen LogP contribution in [0.4, 0.5) is 0 Å². The van der Waals surface area contributed by atoms with E-state index in [4.69, 9.17) is 19.4 Å². The number of furan rings is 1. The lowest BCUT2D eigenvalue weighted by atomic mass is 9.95. The van der Waals surface area contributed by atoms with Crippen LogP contribution in [0.15, 0.2) is 192 Å². The van der Waals surface area contributed by atoms with E-state index in [2.05, 4.69) is 133 Å². The molecule has 0 unspecified atom stereocenters. The van der Waals surface area contributed by atoms with Gasteiger partial charge in [0.25, 0.3) is 0 Å². The van der Waals surface area contributed by atoms with Gasteiger partial charge < -0.3 is 4.42 Å². The number of nitrogens with zero attached hydrogens (tertiary/aromatic N) is 3. The van der Waals surface area contributed by atoms with Gasteiger partial charge in [0, 0.05) is 47.6 Å². The van der Waals surface area contributed by atoms with E-state index in [0.29, 0.717) is 17.5 Å². The lowest BCUT2D eigenvalue weighted by Gasteiger charge is -2.11. The van der Waals surface area contributed by atoms with E-state index in [1.165, 1.54) is 31.3 Å². The second-order valence-electron chi connectivity index (χ2n) is 14.0. The molecule has 0 aliphatic heterocycles. The topological polar surface area (TPSA) is 51.8 Å². The Kier molecular flexibility index (Phi) is 7.64. The molecule has 0 aliphatic carbocycles. The summed E-state index contributed by atoms with van der Waals surface area (Å²) in [6.07, 6.45) is 0. The third-order valence-corrected chi connectivity index (χ3v) is 11.7. The van der Waals surface area contributed by atoms with Crippen LogP contribution >= 0.6 is 11.3 Å². The molecule has 0 bridgehead atoms. The SMILES string of the molecule is c1ccc(-c2nc(-c3ccc(-c4cccc(-c5cccc6sc7ccccc7c56)c4)cc3)nc(-c3cccc(-c4cccc5oc6ccccc6c45)c3)n2)cc1. The third-order valence-electron chi connectivity index (χ3n) is 10.6. The van der Waals surface area contributed by atoms with Gasteiger partial charge in [0.15, 0.2) is 17.5 Å². The summed E-state index contributed by atoms with van der Waals surface area (Å²) in [5.41, 5.74) is 11.4. The van der Waals surface area contributed by atoms with Crippen molar-refractivity contribution in [1.29, 1.82) is 0 Å². The number of thiophene rings is 1. The minimum atomic E-state index is 0.617. The average molecular weight is 734 g/mol. The van der Waals surface area contributed by atoms with Crippen molar-refractivity contribution in [2.45, 2.75) is 0 Å². The maximum Gasteiger partial charge on any atom is 0.164 e. The molecule has 0 atom stereocenters. The highest BCUT2D eigenvalue weighted by Gasteiger charge is 2.17. The smallest absolute Gasteiger partial charge is 0.164 e. The molecule has 0 aliphatic rings. The van der Waals surface area contributed by atoms with Gasteiger partial charge >= 0.3 is 0 Å². The first-order valence-corrected chi connectivity index (χ1v) is 19.5. The Balaban J connectivity index is 0.980. The van der Waals surface area contributed by atoms with Gasteiger partial charge in [-0.1, -0.05) is 152 Å². The zero-order valence-electron chi connectivity index (χ0n) is 30.1. The van der Waals surface area contributed by atoms with Crippen molar-refractivity contribution >= 4 is 53.4 Å². The molecule has 11 rings (SSSR count). The van der Waals surface area contributed by atoms with Gasteiger partial charge in [-0.25, -0.2) is 15.0 Å². The Morgan fingerprint density at radius 3 is 1.61 bits per heavy atom. The maximum atomic E-state index is 6.22. The minimum Gasteiger partial charge on any atom is -0.456 e. The van der Waals surface area contributed by atoms with Crippen molar-refractivity contribution in [3.05, 3.63) is 188 Å². The summed E-state index contributed by atoms with van der Waals surface area (Å²) in [4.78, 5) is 15.2. The normalized spacial score (nSPS) is 11.6. The molecular weight excluding hydrogens is 703 g/mol. The predicted molar refractivity (Wildman–Crippen MR) is 233 cm³/mol. The zero-order valence-corrected chi connectivity index (χ0v) is 30.9. The van der Waals surface area contributed by atoms with Gasteiger partial charge in [-0.05, 0) is 69.8 Å². The summed E-state index contributed by atoms with van der Waals surface area (Å²) in [5.74, 6) is 1.87. The van der Waals surface area contributed by atoms with E-state index < -0.39 is 0 Å². The molecule has 0 spiro atoms. The molecule has 0 N–H and O–H groups in total. The van der Waals surface area contributed by atoms with Crippen LogP contribution in [0.3, 0.4) is 0 Å². The van der Waals surface area contributed by atoms with Crippen molar-refractivity contribution in [3.63, 3.8) is 0 Å². The van der Waals surface area contributed by atoms with E-state index >= 15 is 0 Å². The Labute approximate surface area is 327 Å². The summed E-state index contributed by atoms with van der Waals surface area (Å²) in [6, 6.07) is 65.7. The lowest BCUT2D eigenvalue weighted by molar-refractivity contribution is 0.669. The molecule has 0 fully saturated rings. The largest absolute Gasteiger partial charge is 0.456 e. The summed E-state index contributed by atoms with van der Waals surface area (Å²) in [6.45, 7) is 0. The van der Waals surface area contributed by atoms with Crippen molar-refractivity contribution in [2.75, 3.05) is 0 Å². The number of rotatable bonds is 6. The zero-order chi connectivity index (χ0) is 37.0. The second kappa shape index (κ2) is 13.3. The van der Waals surface area contributed by atoms with Crippen LogP contribution in [-0.2, 0) is 0 Å². The molecule has 11 aromatic rings. The third kappa shape index (κ3) is 5.56. The first-order valence-electron chi connectivity index (χ1n) is 18.7. The van der Waals surface area contributed by atoms with Crippen LogP contribution < -0.4 is 0 Å². The Morgan fingerprint density at radius 1 is 0.321 bits per heavy atom. The molecular formula is C51H31N3OS. The molecule has 5 heteroatoms. The monoisotopic (exact) mass is 733 g/mol. The van der Waals surface area contributed by atoms with Crippen LogP contribution in [0.5, 0.6) is 0 Å². The number of para-hydroxylation sites is 1. The standard InChI is InChI=1S/C51H31N3OS/c1-2-12-33(13-3-1)49-52-50(54-51(53-49)38-17-9-16-37(31-38)39-20-10-23-44-47(39)41-18-4-6-22-43(41)55-44)34-28-26-32(27-29-34)35-14-8-15-36(30-35)40-21-11-25-46-48(40)42-19-5-7-24-45(42)56-46/h1-31H. The Hall–Kier alpha value is -7.21. The number of hydrogen-bond acceptors (Lipinski definition) is 5. The molecule has 262 valence electrons. The molecule has 0 radical (unpaired) electrons. The van der Waals surface area contributed by atoms with Crippen LogP contribution in [0.1, 0.15) is 0 Å². The van der Waals surface area contributed by atoms with E-state index in [0.717, 1.165) is 60.9 Å². The minimum absolute atomic E-state index is 0.617. The fraction of sp³-hybridized carbons (Fsp3) is 0. The highest BCUT2D eigenvalue weighted by molar-refractivity contribution is 7.25. The van der Waals surface area contributed by atoms with Crippen LogP contribution in [0.2, 0.25) is 0 Å². The fourth-order valence-corrected chi connectivity index (χ4v) is 9.02. The fourth-order valence-electron chi connectivity index (χ4n) is 7.88. The van der Waals surface area contributed by atoms with Gasteiger partial charge in [0.1, 0.15) is 11.2 Å². The van der Waals surface area contributed by atoms with E-state index in [9.17, 15) is 0 Å². The molecule has 0 saturated heterocycles. The predicted octanol–water partition coefficient (Wildman–Crippen LogP) is 14.1. The Bertz CT molecular complexity index is 3250. The summed E-state index contributed by atoms with van der Waals surface area (Å²) >= 11 is 1.85. The first-order chi connectivity index (χ1) is 27.7. The van der Waals surface area contributed by atoms with Gasteiger partial charge in [-0.3, -0.25) is 0 Å². The number of aromatic nitrogens is 3. The van der Waals surface area contributed by atoms with E-state index in [1.807, 2.05) is 65.9 Å². The molecule has 3 heterocycles. The summed E-state index contributed by atoms with van der Waals surface area (Å²) in [7, 11) is 0. The highest BCUT2D eigenvalue weighted by atomic mass is 32.1. The number of benzene rings is 8. The van der Waals surface area contributed by atoms with Gasteiger partial charge in [0.2, 0.25) is 0 Å². The highest BCUT2D eigenvalue weighted by Crippen LogP contribution is 2.41. The van der Waals surface area contributed by atoms with Gasteiger partial charge in [-0.15, -0.1) is 11.3 Å². The summed E-state index contributed by atoms with van der Waals surface area (Å²) in [5, 5.41) is 4.82. The van der Waals surface area contributed by atoms with E-state index in [-0.39, 0.29) is 0 Å². The van der Waals surface area contributed by atoms with Crippen molar-refractivity contribution in [3.8, 4) is 67.5 Å². The average Bonchev–Trinajstić information content (AvgIpc) is 3.86. The van der Waals surface area contributed by atoms with Crippen molar-refractivity contribution in [1.82, 2.24) is 15.0 Å². The first kappa shape index (κ1) is 32.2. The quantitative estimate of drug-likeness (QED) is 0.171. The molecule has 0 saturated carbocycles. The van der Waals surface area contributed by atoms with Crippen LogP contribution in [-0.4, -0.2) is 15.0 Å². The van der Waals surface area contributed by atoms with E-state index in [1.54, 1.807) is 0 Å². The Morgan fingerprint density at radius 2 is 0.821 bits per heavy atom. The number of fused-ring (bicyclic) bond motifs is 6.